The van der Waals surface area contributed by atoms with Crippen molar-refractivity contribution in [2.45, 2.75) is 26.8 Å². The molecule has 5 heteroatoms. The topological polar surface area (TPSA) is 61.2 Å². The molecular weight excluding hydrogens is 328 g/mol. The van der Waals surface area contributed by atoms with Crippen molar-refractivity contribution >= 4 is 16.9 Å². The van der Waals surface area contributed by atoms with E-state index >= 15 is 0 Å². The highest BCUT2D eigenvalue weighted by Crippen LogP contribution is 2.18. The van der Waals surface area contributed by atoms with Crippen LogP contribution in [0.2, 0.25) is 0 Å². The second-order valence-electron chi connectivity index (χ2n) is 6.61. The minimum atomic E-state index is -0.429. The van der Waals surface area contributed by atoms with Gasteiger partial charge in [0.1, 0.15) is 12.4 Å². The van der Waals surface area contributed by atoms with Crippen LogP contribution in [0.3, 0.4) is 0 Å². The Bertz CT molecular complexity index is 962. The Labute approximate surface area is 152 Å². The van der Waals surface area contributed by atoms with Crippen LogP contribution in [0.1, 0.15) is 20.3 Å². The zero-order chi connectivity index (χ0) is 18.5. The maximum Gasteiger partial charge on any atom is 0.326 e. The lowest BCUT2D eigenvalue weighted by molar-refractivity contribution is -0.144. The number of rotatable bonds is 6. The van der Waals surface area contributed by atoms with E-state index in [0.29, 0.717) is 29.3 Å². The molecule has 5 nitrogen and oxygen atoms in total. The van der Waals surface area contributed by atoms with Crippen LogP contribution in [-0.2, 0) is 16.1 Å². The highest BCUT2D eigenvalue weighted by molar-refractivity contribution is 5.80. The average Bonchev–Trinajstić information content (AvgIpc) is 2.64. The first-order valence-corrected chi connectivity index (χ1v) is 8.77. The van der Waals surface area contributed by atoms with Gasteiger partial charge in [0.25, 0.3) is 5.56 Å². The Balaban J connectivity index is 2.00. The van der Waals surface area contributed by atoms with Gasteiger partial charge in [0.2, 0.25) is 0 Å². The monoisotopic (exact) mass is 350 g/mol. The quantitative estimate of drug-likeness (QED) is 0.637. The molecule has 0 amide bonds. The Hall–Kier alpha value is -2.95. The molecule has 26 heavy (non-hydrogen) atoms. The van der Waals surface area contributed by atoms with Gasteiger partial charge in [-0.2, -0.15) is 0 Å². The molecule has 2 aromatic carbocycles. The van der Waals surface area contributed by atoms with E-state index in [4.69, 9.17) is 4.74 Å². The molecule has 0 saturated carbocycles. The third kappa shape index (κ3) is 3.99. The molecule has 0 aliphatic rings. The summed E-state index contributed by atoms with van der Waals surface area (Å²) >= 11 is 0. The summed E-state index contributed by atoms with van der Waals surface area (Å²) in [5, 5.41) is 0.488. The summed E-state index contributed by atoms with van der Waals surface area (Å²) in [5.41, 5.74) is 1.15. The van der Waals surface area contributed by atoms with Gasteiger partial charge in [0, 0.05) is 5.56 Å². The van der Waals surface area contributed by atoms with Crippen molar-refractivity contribution < 1.29 is 9.53 Å². The normalized spacial score (nSPS) is 11.0. The number of benzene rings is 2. The first-order valence-electron chi connectivity index (χ1n) is 8.77. The molecule has 0 bridgehead atoms. The molecule has 0 atom stereocenters. The van der Waals surface area contributed by atoms with Crippen LogP contribution < -0.4 is 5.56 Å². The fraction of sp³-hybridized carbons (Fsp3) is 0.286. The zero-order valence-electron chi connectivity index (χ0n) is 15.0. The number of hydrogen-bond donors (Lipinski definition) is 0. The minimum Gasteiger partial charge on any atom is -0.464 e. The number of ether oxygens (including phenoxy) is 1. The van der Waals surface area contributed by atoms with Gasteiger partial charge in [-0.3, -0.25) is 14.2 Å². The molecular formula is C21H22N2O3. The molecule has 0 radical (unpaired) electrons. The summed E-state index contributed by atoms with van der Waals surface area (Å²) in [6.07, 6.45) is 0.794. The van der Waals surface area contributed by atoms with Crippen LogP contribution >= 0.6 is 0 Å². The molecule has 3 rings (SSSR count). The molecule has 0 saturated heterocycles. The molecule has 134 valence electrons. The van der Waals surface area contributed by atoms with E-state index in [2.05, 4.69) is 18.8 Å². The molecule has 0 N–H and O–H groups in total. The third-order valence-corrected chi connectivity index (χ3v) is 4.14. The lowest BCUT2D eigenvalue weighted by atomic mass is 10.1. The van der Waals surface area contributed by atoms with Crippen molar-refractivity contribution in [3.63, 3.8) is 0 Å². The second-order valence-corrected chi connectivity index (χ2v) is 6.61. The smallest absolute Gasteiger partial charge is 0.326 e. The first-order chi connectivity index (χ1) is 12.6. The maximum atomic E-state index is 13.0. The van der Waals surface area contributed by atoms with E-state index in [1.54, 1.807) is 18.2 Å². The lowest BCUT2D eigenvalue weighted by Gasteiger charge is -2.14. The number of hydrogen-bond acceptors (Lipinski definition) is 4. The summed E-state index contributed by atoms with van der Waals surface area (Å²) in [5.74, 6) is 0.491. The van der Waals surface area contributed by atoms with Crippen molar-refractivity contribution in [1.82, 2.24) is 9.55 Å². The van der Waals surface area contributed by atoms with E-state index in [0.717, 1.165) is 12.0 Å². The number of carbonyl (C=O) groups is 1. The fourth-order valence-corrected chi connectivity index (χ4v) is 2.71. The Morgan fingerprint density at radius 3 is 2.50 bits per heavy atom. The van der Waals surface area contributed by atoms with Crippen molar-refractivity contribution in [3.05, 3.63) is 65.0 Å². The molecule has 0 unspecified atom stereocenters. The predicted octanol–water partition coefficient (Wildman–Crippen LogP) is 3.65. The summed E-state index contributed by atoms with van der Waals surface area (Å²) < 4.78 is 6.69. The van der Waals surface area contributed by atoms with Gasteiger partial charge < -0.3 is 4.74 Å². The average molecular weight is 350 g/mol. The van der Waals surface area contributed by atoms with E-state index in [1.807, 2.05) is 36.4 Å². The lowest BCUT2D eigenvalue weighted by Crippen LogP contribution is -2.28. The molecule has 3 aromatic rings. The first kappa shape index (κ1) is 17.9. The van der Waals surface area contributed by atoms with Gasteiger partial charge in [-0.05, 0) is 24.5 Å². The third-order valence-electron chi connectivity index (χ3n) is 4.14. The van der Waals surface area contributed by atoms with Crippen LogP contribution in [-0.4, -0.2) is 22.1 Å². The van der Waals surface area contributed by atoms with Crippen LogP contribution in [0, 0.1) is 5.92 Å². The van der Waals surface area contributed by atoms with Gasteiger partial charge >= 0.3 is 5.97 Å². The van der Waals surface area contributed by atoms with Gasteiger partial charge in [-0.1, -0.05) is 56.3 Å². The molecule has 0 fully saturated rings. The molecule has 0 aliphatic carbocycles. The van der Waals surface area contributed by atoms with E-state index in [9.17, 15) is 9.59 Å². The highest BCUT2D eigenvalue weighted by Gasteiger charge is 2.16. The number of fused-ring (bicyclic) bond motifs is 1. The number of aromatic nitrogens is 2. The fourth-order valence-electron chi connectivity index (χ4n) is 2.71. The number of esters is 1. The van der Waals surface area contributed by atoms with Gasteiger partial charge in [-0.25, -0.2) is 4.98 Å². The number of para-hydroxylation sites is 1. The molecule has 0 spiro atoms. The van der Waals surface area contributed by atoms with Crippen LogP contribution in [0.5, 0.6) is 0 Å². The SMILES string of the molecule is CC(C)CCOC(=O)Cn1c(-c2ccccc2)nc2ccccc2c1=O. The van der Waals surface area contributed by atoms with Crippen molar-refractivity contribution in [3.8, 4) is 11.4 Å². The van der Waals surface area contributed by atoms with Crippen LogP contribution in [0.15, 0.2) is 59.4 Å². The molecule has 1 heterocycles. The van der Waals surface area contributed by atoms with E-state index < -0.39 is 5.97 Å². The summed E-state index contributed by atoms with van der Waals surface area (Å²) in [7, 11) is 0. The minimum absolute atomic E-state index is 0.154. The van der Waals surface area contributed by atoms with Gasteiger partial charge in [0.05, 0.1) is 17.5 Å². The summed E-state index contributed by atoms with van der Waals surface area (Å²) in [4.78, 5) is 29.8. The van der Waals surface area contributed by atoms with Crippen LogP contribution in [0.25, 0.3) is 22.3 Å². The van der Waals surface area contributed by atoms with E-state index in [-0.39, 0.29) is 12.1 Å². The maximum absolute atomic E-state index is 13.0. The molecule has 1 aromatic heterocycles. The predicted molar refractivity (Wildman–Crippen MR) is 102 cm³/mol. The second kappa shape index (κ2) is 7.95. The largest absolute Gasteiger partial charge is 0.464 e. The molecule has 0 aliphatic heterocycles. The van der Waals surface area contributed by atoms with Crippen molar-refractivity contribution in [2.75, 3.05) is 6.61 Å². The Morgan fingerprint density at radius 2 is 1.77 bits per heavy atom. The highest BCUT2D eigenvalue weighted by atomic mass is 16.5. The zero-order valence-corrected chi connectivity index (χ0v) is 15.0. The van der Waals surface area contributed by atoms with Crippen molar-refractivity contribution in [2.24, 2.45) is 5.92 Å². The summed E-state index contributed by atoms with van der Waals surface area (Å²) in [6.45, 7) is 4.34. The Kier molecular flexibility index (Phi) is 5.46. The van der Waals surface area contributed by atoms with Crippen LogP contribution in [0.4, 0.5) is 0 Å². The van der Waals surface area contributed by atoms with E-state index in [1.165, 1.54) is 4.57 Å². The standard InChI is InChI=1S/C21H22N2O3/c1-15(2)12-13-26-19(24)14-23-20(16-8-4-3-5-9-16)22-18-11-7-6-10-17(18)21(23)25/h3-11,15H,12-14H2,1-2H3. The van der Waals surface area contributed by atoms with Gasteiger partial charge in [-0.15, -0.1) is 0 Å². The Morgan fingerprint density at radius 1 is 1.08 bits per heavy atom. The number of carbonyl (C=O) groups excluding carboxylic acids is 1. The number of nitrogens with zero attached hydrogens (tertiary/aromatic N) is 2. The van der Waals surface area contributed by atoms with Gasteiger partial charge in [0.15, 0.2) is 0 Å². The van der Waals surface area contributed by atoms with Crippen molar-refractivity contribution in [1.29, 1.82) is 0 Å². The summed E-state index contributed by atoms with van der Waals surface area (Å²) in [6, 6.07) is 16.5.